The van der Waals surface area contributed by atoms with Crippen LogP contribution in [0.4, 0.5) is 8.78 Å². The highest BCUT2D eigenvalue weighted by Crippen LogP contribution is 2.44. The molecule has 4 heteroatoms. The summed E-state index contributed by atoms with van der Waals surface area (Å²) in [5.41, 5.74) is 1.41. The van der Waals surface area contributed by atoms with Gasteiger partial charge in [0.05, 0.1) is 4.47 Å². The standard InChI is InChI=1S/C11H10Br2F2/c1-5-2-3-7(12)6-4-8(14)10(13)11(15)9(5)6/h4-5,7H,2-3H2,1H3. The number of benzene rings is 1. The minimum atomic E-state index is -0.523. The van der Waals surface area contributed by atoms with Crippen molar-refractivity contribution in [1.29, 1.82) is 0 Å². The molecule has 1 aliphatic rings. The van der Waals surface area contributed by atoms with Crippen LogP contribution in [0.2, 0.25) is 0 Å². The first kappa shape index (κ1) is 11.5. The van der Waals surface area contributed by atoms with E-state index in [1.54, 1.807) is 0 Å². The van der Waals surface area contributed by atoms with Crippen LogP contribution in [0.1, 0.15) is 41.6 Å². The molecule has 0 bridgehead atoms. The van der Waals surface area contributed by atoms with Gasteiger partial charge in [0.2, 0.25) is 0 Å². The zero-order valence-electron chi connectivity index (χ0n) is 8.16. The third-order valence-electron chi connectivity index (χ3n) is 2.92. The van der Waals surface area contributed by atoms with E-state index in [-0.39, 0.29) is 15.2 Å². The lowest BCUT2D eigenvalue weighted by Crippen LogP contribution is -2.12. The third-order valence-corrected chi connectivity index (χ3v) is 4.59. The van der Waals surface area contributed by atoms with Crippen LogP contribution in [0.25, 0.3) is 0 Å². The Kier molecular flexibility index (Phi) is 3.17. The average molecular weight is 340 g/mol. The number of rotatable bonds is 0. The molecule has 0 N–H and O–H groups in total. The molecule has 2 atom stereocenters. The Morgan fingerprint density at radius 2 is 2.00 bits per heavy atom. The topological polar surface area (TPSA) is 0 Å². The quantitative estimate of drug-likeness (QED) is 0.457. The Balaban J connectivity index is 2.68. The van der Waals surface area contributed by atoms with Gasteiger partial charge in [-0.15, -0.1) is 0 Å². The van der Waals surface area contributed by atoms with Gasteiger partial charge in [-0.25, -0.2) is 8.78 Å². The van der Waals surface area contributed by atoms with Crippen molar-refractivity contribution in [2.24, 2.45) is 0 Å². The molecule has 1 aromatic carbocycles. The number of hydrogen-bond donors (Lipinski definition) is 0. The fourth-order valence-corrected chi connectivity index (χ4v) is 3.05. The number of hydrogen-bond acceptors (Lipinski definition) is 0. The second-order valence-electron chi connectivity index (χ2n) is 3.94. The van der Waals surface area contributed by atoms with Crippen molar-refractivity contribution in [2.75, 3.05) is 0 Å². The Labute approximate surface area is 104 Å². The maximum absolute atomic E-state index is 13.9. The fourth-order valence-electron chi connectivity index (χ4n) is 2.08. The number of alkyl halides is 1. The summed E-state index contributed by atoms with van der Waals surface area (Å²) in [6, 6.07) is 1.43. The molecule has 15 heavy (non-hydrogen) atoms. The van der Waals surface area contributed by atoms with Crippen LogP contribution in [0, 0.1) is 11.6 Å². The number of fused-ring (bicyclic) bond motifs is 1. The van der Waals surface area contributed by atoms with Gasteiger partial charge in [0, 0.05) is 4.83 Å². The zero-order chi connectivity index (χ0) is 11.2. The molecule has 2 unspecified atom stereocenters. The minimum Gasteiger partial charge on any atom is -0.206 e. The van der Waals surface area contributed by atoms with E-state index in [0.717, 1.165) is 18.4 Å². The molecular weight excluding hydrogens is 330 g/mol. The maximum atomic E-state index is 13.9. The van der Waals surface area contributed by atoms with Gasteiger partial charge in [0.15, 0.2) is 0 Å². The fraction of sp³-hybridized carbons (Fsp3) is 0.455. The van der Waals surface area contributed by atoms with Crippen LogP contribution >= 0.6 is 31.9 Å². The summed E-state index contributed by atoms with van der Waals surface area (Å²) < 4.78 is 27.2. The highest BCUT2D eigenvalue weighted by atomic mass is 79.9. The van der Waals surface area contributed by atoms with Crippen molar-refractivity contribution in [2.45, 2.75) is 30.5 Å². The lowest BCUT2D eigenvalue weighted by atomic mass is 9.83. The van der Waals surface area contributed by atoms with Crippen molar-refractivity contribution < 1.29 is 8.78 Å². The monoisotopic (exact) mass is 338 g/mol. The first-order valence-corrected chi connectivity index (χ1v) is 6.54. The molecule has 1 aromatic rings. The van der Waals surface area contributed by atoms with Gasteiger partial charge in [0.25, 0.3) is 0 Å². The van der Waals surface area contributed by atoms with E-state index >= 15 is 0 Å². The summed E-state index contributed by atoms with van der Waals surface area (Å²) in [5.74, 6) is -0.808. The molecule has 1 aliphatic carbocycles. The van der Waals surface area contributed by atoms with Crippen LogP contribution in [0.5, 0.6) is 0 Å². The largest absolute Gasteiger partial charge is 0.206 e. The van der Waals surface area contributed by atoms with E-state index in [9.17, 15) is 8.78 Å². The van der Waals surface area contributed by atoms with Gasteiger partial charge in [-0.05, 0) is 51.9 Å². The van der Waals surface area contributed by atoms with Crippen LogP contribution in [0.15, 0.2) is 10.5 Å². The predicted octanol–water partition coefficient (Wildman–Crippen LogP) is 5.06. The highest BCUT2D eigenvalue weighted by molar-refractivity contribution is 9.10. The van der Waals surface area contributed by atoms with Gasteiger partial charge < -0.3 is 0 Å². The van der Waals surface area contributed by atoms with Crippen molar-refractivity contribution in [1.82, 2.24) is 0 Å². The summed E-state index contributed by atoms with van der Waals surface area (Å²) in [7, 11) is 0. The van der Waals surface area contributed by atoms with Crippen LogP contribution < -0.4 is 0 Å². The third kappa shape index (κ3) is 1.86. The van der Waals surface area contributed by atoms with Gasteiger partial charge in [-0.3, -0.25) is 0 Å². The second-order valence-corrected chi connectivity index (χ2v) is 5.83. The van der Waals surface area contributed by atoms with E-state index in [4.69, 9.17) is 0 Å². The van der Waals surface area contributed by atoms with Crippen molar-refractivity contribution in [3.63, 3.8) is 0 Å². The van der Waals surface area contributed by atoms with Gasteiger partial charge >= 0.3 is 0 Å². The van der Waals surface area contributed by atoms with E-state index in [1.165, 1.54) is 6.07 Å². The van der Waals surface area contributed by atoms with Crippen LogP contribution in [-0.4, -0.2) is 0 Å². The SMILES string of the molecule is CC1CCC(Br)c2cc(F)c(Br)c(F)c21. The Morgan fingerprint density at radius 1 is 1.33 bits per heavy atom. The van der Waals surface area contributed by atoms with Gasteiger partial charge in [-0.2, -0.15) is 0 Å². The molecule has 0 fully saturated rings. The highest BCUT2D eigenvalue weighted by Gasteiger charge is 2.28. The summed E-state index contributed by atoms with van der Waals surface area (Å²) >= 11 is 6.40. The Morgan fingerprint density at radius 3 is 2.67 bits per heavy atom. The summed E-state index contributed by atoms with van der Waals surface area (Å²) in [6.07, 6.45) is 1.85. The molecule has 0 saturated carbocycles. The smallest absolute Gasteiger partial charge is 0.144 e. The maximum Gasteiger partial charge on any atom is 0.144 e. The number of halogens is 4. The molecule has 2 rings (SSSR count). The van der Waals surface area contributed by atoms with E-state index in [2.05, 4.69) is 31.9 Å². The molecule has 0 heterocycles. The lowest BCUT2D eigenvalue weighted by molar-refractivity contribution is 0.506. The normalized spacial score (nSPS) is 25.1. The Hall–Kier alpha value is 0.0400. The minimum absolute atomic E-state index is 0.0466. The van der Waals surface area contributed by atoms with Crippen molar-refractivity contribution in [3.8, 4) is 0 Å². The predicted molar refractivity (Wildman–Crippen MR) is 63.4 cm³/mol. The van der Waals surface area contributed by atoms with Crippen LogP contribution in [0.3, 0.4) is 0 Å². The molecule has 0 aliphatic heterocycles. The van der Waals surface area contributed by atoms with Crippen molar-refractivity contribution in [3.05, 3.63) is 33.3 Å². The molecule has 82 valence electrons. The zero-order valence-corrected chi connectivity index (χ0v) is 11.3. The molecular formula is C11H10Br2F2. The molecule has 0 nitrogen and oxygen atoms in total. The second kappa shape index (κ2) is 4.13. The molecule has 0 amide bonds. The summed E-state index contributed by atoms with van der Waals surface area (Å²) in [5, 5.41) is 0. The van der Waals surface area contributed by atoms with E-state index in [0.29, 0.717) is 5.56 Å². The molecule has 0 radical (unpaired) electrons. The molecule has 0 aromatic heterocycles. The lowest BCUT2D eigenvalue weighted by Gasteiger charge is -2.27. The molecule has 0 spiro atoms. The van der Waals surface area contributed by atoms with E-state index in [1.807, 2.05) is 6.92 Å². The van der Waals surface area contributed by atoms with Gasteiger partial charge in [-0.1, -0.05) is 22.9 Å². The van der Waals surface area contributed by atoms with Gasteiger partial charge in [0.1, 0.15) is 11.6 Å². The molecule has 0 saturated heterocycles. The average Bonchev–Trinajstić information content (AvgIpc) is 2.20. The Bertz CT molecular complexity index is 404. The van der Waals surface area contributed by atoms with Crippen molar-refractivity contribution >= 4 is 31.9 Å². The van der Waals surface area contributed by atoms with Crippen LogP contribution in [-0.2, 0) is 0 Å². The summed E-state index contributed by atoms with van der Waals surface area (Å²) in [6.45, 7) is 1.98. The first-order valence-electron chi connectivity index (χ1n) is 4.83. The summed E-state index contributed by atoms with van der Waals surface area (Å²) in [4.78, 5) is 0.0702. The van der Waals surface area contributed by atoms with E-state index < -0.39 is 11.6 Å². The first-order chi connectivity index (χ1) is 7.02.